The van der Waals surface area contributed by atoms with Crippen LogP contribution < -0.4 is 4.72 Å². The number of hydrogen-bond donors (Lipinski definition) is 2. The number of aromatic amines is 1. The number of rotatable bonds is 4. The molecular formula is C17H12FN5S. The van der Waals surface area contributed by atoms with Gasteiger partial charge in [-0.1, -0.05) is 12.1 Å². The SMILES string of the molecule is Fc1ccccc1NSc1ccc2nc(-c3ccncn3)[nH]c2c1. The highest BCUT2D eigenvalue weighted by molar-refractivity contribution is 8.00. The average Bonchev–Trinajstić information content (AvgIpc) is 3.05. The molecule has 0 fully saturated rings. The highest BCUT2D eigenvalue weighted by Gasteiger charge is 2.07. The molecule has 5 nitrogen and oxygen atoms in total. The lowest BCUT2D eigenvalue weighted by molar-refractivity contribution is 0.632. The number of H-pyrrole nitrogens is 1. The number of nitrogens with zero attached hydrogens (tertiary/aromatic N) is 3. The summed E-state index contributed by atoms with van der Waals surface area (Å²) in [6.07, 6.45) is 3.16. The Balaban J connectivity index is 1.58. The van der Waals surface area contributed by atoms with Gasteiger partial charge in [-0.05, 0) is 48.3 Å². The number of halogens is 1. The Morgan fingerprint density at radius 3 is 2.83 bits per heavy atom. The first kappa shape index (κ1) is 14.6. The second-order valence-electron chi connectivity index (χ2n) is 5.04. The van der Waals surface area contributed by atoms with E-state index in [9.17, 15) is 4.39 Å². The zero-order chi connectivity index (χ0) is 16.4. The quantitative estimate of drug-likeness (QED) is 0.544. The number of aromatic nitrogens is 4. The first-order chi connectivity index (χ1) is 11.8. The fraction of sp³-hybridized carbons (Fsp3) is 0. The summed E-state index contributed by atoms with van der Waals surface area (Å²) in [5, 5.41) is 0. The Labute approximate surface area is 141 Å². The fourth-order valence-electron chi connectivity index (χ4n) is 2.26. The molecule has 0 atom stereocenters. The lowest BCUT2D eigenvalue weighted by Crippen LogP contribution is -1.90. The van der Waals surface area contributed by atoms with Crippen LogP contribution in [0.5, 0.6) is 0 Å². The Morgan fingerprint density at radius 1 is 1.08 bits per heavy atom. The van der Waals surface area contributed by atoms with Crippen molar-refractivity contribution in [3.05, 3.63) is 66.9 Å². The molecule has 0 amide bonds. The van der Waals surface area contributed by atoms with Crippen molar-refractivity contribution in [1.82, 2.24) is 19.9 Å². The molecule has 118 valence electrons. The standard InChI is InChI=1S/C17H12FN5S/c18-12-3-1-2-4-13(12)23-24-11-5-6-14-16(9-11)22-17(21-14)15-7-8-19-10-20-15/h1-10,23H,(H,21,22). The van der Waals surface area contributed by atoms with Gasteiger partial charge in [0.15, 0.2) is 5.82 Å². The summed E-state index contributed by atoms with van der Waals surface area (Å²) in [5.74, 6) is 0.412. The van der Waals surface area contributed by atoms with Crippen LogP contribution in [0.1, 0.15) is 0 Å². The molecule has 0 saturated heterocycles. The van der Waals surface area contributed by atoms with Crippen molar-refractivity contribution in [2.75, 3.05) is 4.72 Å². The molecule has 0 saturated carbocycles. The molecular weight excluding hydrogens is 325 g/mol. The summed E-state index contributed by atoms with van der Waals surface area (Å²) in [5.41, 5.74) is 2.93. The molecule has 0 spiro atoms. The molecule has 2 aromatic carbocycles. The van der Waals surface area contributed by atoms with E-state index < -0.39 is 0 Å². The van der Waals surface area contributed by atoms with Gasteiger partial charge in [-0.2, -0.15) is 0 Å². The molecule has 0 aliphatic rings. The Bertz CT molecular complexity index is 987. The van der Waals surface area contributed by atoms with Gasteiger partial charge in [0.2, 0.25) is 0 Å². The predicted molar refractivity (Wildman–Crippen MR) is 93.0 cm³/mol. The van der Waals surface area contributed by atoms with E-state index in [1.807, 2.05) is 18.2 Å². The number of imidazole rings is 1. The van der Waals surface area contributed by atoms with Gasteiger partial charge in [0, 0.05) is 11.1 Å². The number of benzene rings is 2. The minimum atomic E-state index is -0.279. The fourth-order valence-corrected chi connectivity index (χ4v) is 2.97. The lowest BCUT2D eigenvalue weighted by Gasteiger charge is -2.06. The van der Waals surface area contributed by atoms with Crippen LogP contribution in [0, 0.1) is 5.82 Å². The van der Waals surface area contributed by atoms with Crippen molar-refractivity contribution in [2.24, 2.45) is 0 Å². The number of nitrogens with one attached hydrogen (secondary N) is 2. The first-order valence-electron chi connectivity index (χ1n) is 7.23. The maximum Gasteiger partial charge on any atom is 0.157 e. The molecule has 0 bridgehead atoms. The Kier molecular flexibility index (Phi) is 3.84. The van der Waals surface area contributed by atoms with Gasteiger partial charge in [0.1, 0.15) is 17.8 Å². The highest BCUT2D eigenvalue weighted by atomic mass is 32.2. The summed E-state index contributed by atoms with van der Waals surface area (Å²) in [7, 11) is 0. The highest BCUT2D eigenvalue weighted by Crippen LogP contribution is 2.26. The molecule has 2 aromatic heterocycles. The molecule has 0 aliphatic carbocycles. The van der Waals surface area contributed by atoms with Gasteiger partial charge in [0.25, 0.3) is 0 Å². The van der Waals surface area contributed by atoms with Crippen LogP contribution in [0.3, 0.4) is 0 Å². The summed E-state index contributed by atoms with van der Waals surface area (Å²) >= 11 is 1.34. The number of anilines is 1. The van der Waals surface area contributed by atoms with E-state index >= 15 is 0 Å². The van der Waals surface area contributed by atoms with E-state index in [1.165, 1.54) is 24.3 Å². The normalized spacial score (nSPS) is 10.9. The average molecular weight is 337 g/mol. The minimum absolute atomic E-state index is 0.279. The lowest BCUT2D eigenvalue weighted by atomic mass is 10.3. The summed E-state index contributed by atoms with van der Waals surface area (Å²) in [4.78, 5) is 16.8. The van der Waals surface area contributed by atoms with Crippen LogP contribution >= 0.6 is 11.9 Å². The van der Waals surface area contributed by atoms with Gasteiger partial charge in [-0.15, -0.1) is 0 Å². The topological polar surface area (TPSA) is 66.5 Å². The second-order valence-corrected chi connectivity index (χ2v) is 5.92. The first-order valence-corrected chi connectivity index (χ1v) is 8.05. The molecule has 0 radical (unpaired) electrons. The van der Waals surface area contributed by atoms with Crippen molar-refractivity contribution in [1.29, 1.82) is 0 Å². The molecule has 4 aromatic rings. The van der Waals surface area contributed by atoms with Gasteiger partial charge in [-0.3, -0.25) is 0 Å². The molecule has 0 unspecified atom stereocenters. The molecule has 4 rings (SSSR count). The van der Waals surface area contributed by atoms with Crippen molar-refractivity contribution in [2.45, 2.75) is 4.90 Å². The van der Waals surface area contributed by atoms with Crippen molar-refractivity contribution < 1.29 is 4.39 Å². The number of fused-ring (bicyclic) bond motifs is 1. The Hall–Kier alpha value is -2.93. The summed E-state index contributed by atoms with van der Waals surface area (Å²) in [6.45, 7) is 0. The van der Waals surface area contributed by atoms with Crippen LogP contribution in [-0.4, -0.2) is 19.9 Å². The van der Waals surface area contributed by atoms with E-state index in [1.54, 1.807) is 30.5 Å². The molecule has 2 heterocycles. The molecule has 2 N–H and O–H groups in total. The number of para-hydroxylation sites is 1. The Morgan fingerprint density at radius 2 is 2.00 bits per heavy atom. The summed E-state index contributed by atoms with van der Waals surface area (Å²) < 4.78 is 16.7. The van der Waals surface area contributed by atoms with Crippen LogP contribution in [0.25, 0.3) is 22.6 Å². The third-order valence-electron chi connectivity index (χ3n) is 3.43. The van der Waals surface area contributed by atoms with E-state index in [-0.39, 0.29) is 5.82 Å². The van der Waals surface area contributed by atoms with Crippen molar-refractivity contribution >= 4 is 28.7 Å². The van der Waals surface area contributed by atoms with E-state index in [4.69, 9.17) is 0 Å². The zero-order valence-electron chi connectivity index (χ0n) is 12.4. The van der Waals surface area contributed by atoms with Gasteiger partial charge in [0.05, 0.1) is 16.7 Å². The van der Waals surface area contributed by atoms with Crippen molar-refractivity contribution in [3.8, 4) is 11.5 Å². The van der Waals surface area contributed by atoms with Crippen molar-refractivity contribution in [3.63, 3.8) is 0 Å². The predicted octanol–water partition coefficient (Wildman–Crippen LogP) is 4.28. The van der Waals surface area contributed by atoms with Crippen LogP contribution in [0.4, 0.5) is 10.1 Å². The smallest absolute Gasteiger partial charge is 0.157 e. The van der Waals surface area contributed by atoms with Crippen LogP contribution in [0.2, 0.25) is 0 Å². The second kappa shape index (κ2) is 6.29. The molecule has 7 heteroatoms. The van der Waals surface area contributed by atoms with Gasteiger partial charge < -0.3 is 9.71 Å². The summed E-state index contributed by atoms with van der Waals surface area (Å²) in [6, 6.07) is 14.2. The molecule has 24 heavy (non-hydrogen) atoms. The zero-order valence-corrected chi connectivity index (χ0v) is 13.2. The van der Waals surface area contributed by atoms with Gasteiger partial charge in [-0.25, -0.2) is 19.3 Å². The van der Waals surface area contributed by atoms with E-state index in [0.717, 1.165) is 21.6 Å². The van der Waals surface area contributed by atoms with E-state index in [0.29, 0.717) is 11.5 Å². The largest absolute Gasteiger partial charge is 0.337 e. The maximum absolute atomic E-state index is 13.6. The monoisotopic (exact) mass is 337 g/mol. The van der Waals surface area contributed by atoms with Gasteiger partial charge >= 0.3 is 0 Å². The third-order valence-corrected chi connectivity index (χ3v) is 4.24. The van der Waals surface area contributed by atoms with Crippen LogP contribution in [-0.2, 0) is 0 Å². The number of hydrogen-bond acceptors (Lipinski definition) is 5. The van der Waals surface area contributed by atoms with E-state index in [2.05, 4.69) is 24.7 Å². The van der Waals surface area contributed by atoms with Crippen LogP contribution in [0.15, 0.2) is 66.0 Å². The third kappa shape index (κ3) is 2.93. The minimum Gasteiger partial charge on any atom is -0.337 e. The maximum atomic E-state index is 13.6. The molecule has 0 aliphatic heterocycles.